The van der Waals surface area contributed by atoms with E-state index in [9.17, 15) is 0 Å². The second-order valence-electron chi connectivity index (χ2n) is 8.87. The molecule has 0 saturated carbocycles. The third-order valence-electron chi connectivity index (χ3n) is 5.05. The van der Waals surface area contributed by atoms with Crippen LogP contribution < -0.4 is 0 Å². The van der Waals surface area contributed by atoms with Crippen molar-refractivity contribution in [1.29, 1.82) is 0 Å². The Balaban J connectivity index is 2.32. The SMILES string of the molecule is Cn1c2c(c3cc(C(C)(C)C)ccc31)C=C(C(C)(C)C)CC=C2. The molecule has 0 unspecified atom stereocenters. The standard InChI is InChI=1S/C22H29N/c1-21(2,3)15-9-8-10-19-17(13-15)18-14-16(22(4,5)6)11-12-20(18)23(19)7/h8,10-14H,9H2,1-7H3. The topological polar surface area (TPSA) is 4.93 Å². The first-order valence-corrected chi connectivity index (χ1v) is 8.59. The predicted molar refractivity (Wildman–Crippen MR) is 103 cm³/mol. The second-order valence-corrected chi connectivity index (χ2v) is 8.87. The molecule has 1 aromatic carbocycles. The molecule has 0 spiro atoms. The van der Waals surface area contributed by atoms with Gasteiger partial charge in [-0.15, -0.1) is 0 Å². The Labute approximate surface area is 140 Å². The average molecular weight is 307 g/mol. The van der Waals surface area contributed by atoms with Gasteiger partial charge in [-0.1, -0.05) is 65.3 Å². The number of fused-ring (bicyclic) bond motifs is 3. The number of rotatable bonds is 0. The molecular weight excluding hydrogens is 278 g/mol. The molecule has 0 fully saturated rings. The minimum atomic E-state index is 0.175. The van der Waals surface area contributed by atoms with Gasteiger partial charge in [0.15, 0.2) is 0 Å². The van der Waals surface area contributed by atoms with Gasteiger partial charge in [-0.25, -0.2) is 0 Å². The molecule has 1 aromatic heterocycles. The Bertz CT molecular complexity index is 814. The van der Waals surface area contributed by atoms with Crippen molar-refractivity contribution in [2.45, 2.75) is 53.4 Å². The Hall–Kier alpha value is -1.76. The van der Waals surface area contributed by atoms with Crippen molar-refractivity contribution in [2.24, 2.45) is 12.5 Å². The van der Waals surface area contributed by atoms with Crippen LogP contribution in [-0.4, -0.2) is 4.57 Å². The first kappa shape index (κ1) is 16.1. The van der Waals surface area contributed by atoms with Crippen molar-refractivity contribution in [2.75, 3.05) is 0 Å². The van der Waals surface area contributed by atoms with Gasteiger partial charge in [-0.05, 0) is 41.0 Å². The molecule has 2 aromatic rings. The number of nitrogens with zero attached hydrogens (tertiary/aromatic N) is 1. The van der Waals surface area contributed by atoms with E-state index in [1.165, 1.54) is 33.3 Å². The first-order valence-electron chi connectivity index (χ1n) is 8.59. The molecule has 1 aliphatic rings. The summed E-state index contributed by atoms with van der Waals surface area (Å²) < 4.78 is 2.33. The maximum Gasteiger partial charge on any atom is 0.0488 e. The zero-order valence-electron chi connectivity index (χ0n) is 15.6. The summed E-state index contributed by atoms with van der Waals surface area (Å²) in [6.45, 7) is 13.8. The molecular formula is C22H29N. The molecule has 0 aliphatic heterocycles. The van der Waals surface area contributed by atoms with Crippen molar-refractivity contribution in [1.82, 2.24) is 4.57 Å². The fourth-order valence-electron chi connectivity index (χ4n) is 3.37. The molecule has 0 bridgehead atoms. The van der Waals surface area contributed by atoms with Crippen LogP contribution in [0.4, 0.5) is 0 Å². The van der Waals surface area contributed by atoms with Gasteiger partial charge >= 0.3 is 0 Å². The maximum atomic E-state index is 2.43. The fraction of sp³-hybridized carbons (Fsp3) is 0.455. The summed E-state index contributed by atoms with van der Waals surface area (Å²) in [5.41, 5.74) is 7.30. The Morgan fingerprint density at radius 3 is 2.26 bits per heavy atom. The number of hydrogen-bond acceptors (Lipinski definition) is 0. The molecule has 0 amide bonds. The lowest BCUT2D eigenvalue weighted by molar-refractivity contribution is 0.498. The van der Waals surface area contributed by atoms with Crippen molar-refractivity contribution in [3.8, 4) is 0 Å². The lowest BCUT2D eigenvalue weighted by Gasteiger charge is -2.22. The van der Waals surface area contributed by atoms with Crippen molar-refractivity contribution in [3.63, 3.8) is 0 Å². The Kier molecular flexibility index (Phi) is 3.59. The highest BCUT2D eigenvalue weighted by molar-refractivity contribution is 5.95. The molecule has 1 nitrogen and oxygen atoms in total. The van der Waals surface area contributed by atoms with E-state index in [1.54, 1.807) is 0 Å². The molecule has 0 radical (unpaired) electrons. The monoisotopic (exact) mass is 307 g/mol. The van der Waals surface area contributed by atoms with Crippen LogP contribution in [0.1, 0.15) is 64.8 Å². The van der Waals surface area contributed by atoms with E-state index >= 15 is 0 Å². The summed E-state index contributed by atoms with van der Waals surface area (Å²) in [6.07, 6.45) is 8.08. The van der Waals surface area contributed by atoms with Crippen LogP contribution in [0.25, 0.3) is 23.1 Å². The molecule has 1 aliphatic carbocycles. The third-order valence-corrected chi connectivity index (χ3v) is 5.05. The summed E-state index contributed by atoms with van der Waals surface area (Å²) in [5, 5.41) is 1.38. The minimum absolute atomic E-state index is 0.175. The largest absolute Gasteiger partial charge is 0.344 e. The second kappa shape index (κ2) is 5.12. The Morgan fingerprint density at radius 2 is 1.65 bits per heavy atom. The van der Waals surface area contributed by atoms with E-state index in [2.05, 4.69) is 89.6 Å². The van der Waals surface area contributed by atoms with Gasteiger partial charge in [0.1, 0.15) is 0 Å². The molecule has 3 rings (SSSR count). The number of allylic oxidation sites excluding steroid dienone is 2. The van der Waals surface area contributed by atoms with Crippen LogP contribution in [0.5, 0.6) is 0 Å². The molecule has 1 heteroatoms. The number of aromatic nitrogens is 1. The van der Waals surface area contributed by atoms with Gasteiger partial charge in [0.25, 0.3) is 0 Å². The van der Waals surface area contributed by atoms with Crippen molar-refractivity contribution in [3.05, 3.63) is 46.7 Å². The van der Waals surface area contributed by atoms with Gasteiger partial charge in [-0.3, -0.25) is 0 Å². The quantitative estimate of drug-likeness (QED) is 0.536. The summed E-state index contributed by atoms with van der Waals surface area (Å²) in [4.78, 5) is 0. The van der Waals surface area contributed by atoms with E-state index in [0.717, 1.165) is 6.42 Å². The van der Waals surface area contributed by atoms with Crippen LogP contribution in [-0.2, 0) is 12.5 Å². The van der Waals surface area contributed by atoms with Gasteiger partial charge in [0.05, 0.1) is 0 Å². The molecule has 0 saturated heterocycles. The summed E-state index contributed by atoms with van der Waals surface area (Å²) in [5.74, 6) is 0. The van der Waals surface area contributed by atoms with Crippen LogP contribution in [0.15, 0.2) is 29.8 Å². The van der Waals surface area contributed by atoms with E-state index in [4.69, 9.17) is 0 Å². The Morgan fingerprint density at radius 1 is 0.957 bits per heavy atom. The van der Waals surface area contributed by atoms with Gasteiger partial charge in [0, 0.05) is 29.2 Å². The maximum absolute atomic E-state index is 2.43. The lowest BCUT2D eigenvalue weighted by Crippen LogP contribution is -2.10. The molecule has 1 heterocycles. The number of benzene rings is 1. The van der Waals surface area contributed by atoms with Crippen LogP contribution in [0.2, 0.25) is 0 Å². The number of aryl methyl sites for hydroxylation is 1. The highest BCUT2D eigenvalue weighted by Crippen LogP contribution is 2.38. The summed E-state index contributed by atoms with van der Waals surface area (Å²) in [7, 11) is 2.18. The fourth-order valence-corrected chi connectivity index (χ4v) is 3.37. The van der Waals surface area contributed by atoms with Crippen LogP contribution >= 0.6 is 0 Å². The normalized spacial score (nSPS) is 15.5. The van der Waals surface area contributed by atoms with Crippen LogP contribution in [0, 0.1) is 5.41 Å². The van der Waals surface area contributed by atoms with E-state index in [1.807, 2.05) is 0 Å². The highest BCUT2D eigenvalue weighted by Gasteiger charge is 2.22. The average Bonchev–Trinajstić information content (AvgIpc) is 2.62. The zero-order valence-corrected chi connectivity index (χ0v) is 15.6. The van der Waals surface area contributed by atoms with Gasteiger partial charge in [-0.2, -0.15) is 0 Å². The number of hydrogen-bond donors (Lipinski definition) is 0. The van der Waals surface area contributed by atoms with Crippen LogP contribution in [0.3, 0.4) is 0 Å². The van der Waals surface area contributed by atoms with E-state index in [0.29, 0.717) is 0 Å². The van der Waals surface area contributed by atoms with Gasteiger partial charge in [0.2, 0.25) is 0 Å². The smallest absolute Gasteiger partial charge is 0.0488 e. The molecule has 23 heavy (non-hydrogen) atoms. The zero-order chi connectivity index (χ0) is 17.0. The molecule has 0 N–H and O–H groups in total. The molecule has 122 valence electrons. The van der Waals surface area contributed by atoms with Crippen molar-refractivity contribution < 1.29 is 0 Å². The first-order chi connectivity index (χ1) is 10.6. The minimum Gasteiger partial charge on any atom is -0.344 e. The van der Waals surface area contributed by atoms with E-state index < -0.39 is 0 Å². The van der Waals surface area contributed by atoms with Gasteiger partial charge < -0.3 is 4.57 Å². The highest BCUT2D eigenvalue weighted by atomic mass is 14.9. The summed E-state index contributed by atoms with van der Waals surface area (Å²) in [6, 6.07) is 6.95. The molecule has 0 atom stereocenters. The lowest BCUT2D eigenvalue weighted by atomic mass is 9.83. The van der Waals surface area contributed by atoms with Crippen molar-refractivity contribution >= 4 is 23.1 Å². The third kappa shape index (κ3) is 2.78. The summed E-state index contributed by atoms with van der Waals surface area (Å²) >= 11 is 0. The van der Waals surface area contributed by atoms with E-state index in [-0.39, 0.29) is 10.8 Å². The predicted octanol–water partition coefficient (Wildman–Crippen LogP) is 6.32.